The highest BCUT2D eigenvalue weighted by molar-refractivity contribution is 9.10. The first-order chi connectivity index (χ1) is 37.9. The molecule has 9 rings (SSSR count). The van der Waals surface area contributed by atoms with E-state index in [4.69, 9.17) is 53.0 Å². The first-order valence-electron chi connectivity index (χ1n) is 25.6. The molecule has 3 aliphatic rings. The number of methoxy groups -OCH3 is 3. The second-order valence-electron chi connectivity index (χ2n) is 21.4. The zero-order valence-electron chi connectivity index (χ0n) is 48.4. The summed E-state index contributed by atoms with van der Waals surface area (Å²) < 4.78 is 53.1. The van der Waals surface area contributed by atoms with Crippen LogP contribution in [-0.4, -0.2) is 114 Å². The third-order valence-electron chi connectivity index (χ3n) is 14.1. The Morgan fingerprint density at radius 2 is 0.827 bits per heavy atom. The third kappa shape index (κ3) is 17.3. The van der Waals surface area contributed by atoms with E-state index < -0.39 is 38.3 Å². The van der Waals surface area contributed by atoms with Crippen LogP contribution in [0.4, 0.5) is 17.5 Å². The SMILES string of the molecule is CC1(C)OB(B2OC(C)(C)C(C)(C)O2)OC1(C)C.COc1cc(B2OC(C)(C)C(C)(C)O2)ccc1C(=O)Nc1ccccn1.COc1cc(Br)ccc1C(=O)Nc1ccccn1.COc1cc(Br)ccc1C(=O)O.Nc1ccccn1. The minimum Gasteiger partial charge on any atom is -0.496 e. The van der Waals surface area contributed by atoms with Crippen molar-refractivity contribution in [3.05, 3.63) is 153 Å². The number of nitrogens with one attached hydrogen (secondary N) is 2. The van der Waals surface area contributed by atoms with Crippen LogP contribution in [0.1, 0.15) is 114 Å². The number of carbonyl (C=O) groups is 3. The first-order valence-corrected chi connectivity index (χ1v) is 27.2. The molecule has 3 aliphatic heterocycles. The van der Waals surface area contributed by atoms with Crippen LogP contribution in [0, 0.1) is 0 Å². The van der Waals surface area contributed by atoms with Crippen LogP contribution >= 0.6 is 31.9 Å². The molecule has 5 N–H and O–H groups in total. The van der Waals surface area contributed by atoms with Gasteiger partial charge in [0.15, 0.2) is 0 Å². The summed E-state index contributed by atoms with van der Waals surface area (Å²) in [4.78, 5) is 47.1. The summed E-state index contributed by atoms with van der Waals surface area (Å²) in [6.45, 7) is 24.2. The average Bonchev–Trinajstić information content (AvgIpc) is 3.91. The molecule has 0 spiro atoms. The number of pyridine rings is 3. The Morgan fingerprint density at radius 1 is 0.481 bits per heavy atom. The average molecular weight is 1240 g/mol. The summed E-state index contributed by atoms with van der Waals surface area (Å²) in [6, 6.07) is 31.4. The van der Waals surface area contributed by atoms with E-state index >= 15 is 0 Å². The number of carbonyl (C=O) groups excluding carboxylic acids is 2. The number of carboxylic acid groups (broad SMARTS) is 1. The van der Waals surface area contributed by atoms with Crippen molar-refractivity contribution in [2.45, 2.75) is 117 Å². The number of nitrogen functional groups attached to an aromatic ring is 1. The third-order valence-corrected chi connectivity index (χ3v) is 15.1. The number of anilines is 3. The monoisotopic (exact) mass is 1240 g/mol. The summed E-state index contributed by atoms with van der Waals surface area (Å²) in [6.07, 6.45) is 4.90. The number of ether oxygens (including phenoxy) is 3. The van der Waals surface area contributed by atoms with Crippen molar-refractivity contribution in [2.24, 2.45) is 0 Å². The molecule has 0 bridgehead atoms. The van der Waals surface area contributed by atoms with Crippen LogP contribution in [0.15, 0.2) is 137 Å². The van der Waals surface area contributed by atoms with Crippen LogP contribution in [0.25, 0.3) is 0 Å². The largest absolute Gasteiger partial charge is 0.496 e. The first kappa shape index (κ1) is 65.4. The molecule has 3 saturated heterocycles. The molecule has 3 aromatic carbocycles. The van der Waals surface area contributed by atoms with Gasteiger partial charge in [0.2, 0.25) is 0 Å². The number of aromatic carboxylic acids is 1. The second kappa shape index (κ2) is 27.6. The lowest BCUT2D eigenvalue weighted by molar-refractivity contribution is 0.00578. The molecular formula is C57H71B3Br2N6O13. The molecule has 430 valence electrons. The van der Waals surface area contributed by atoms with Gasteiger partial charge in [-0.3, -0.25) is 9.59 Å². The summed E-state index contributed by atoms with van der Waals surface area (Å²) >= 11 is 6.54. The summed E-state index contributed by atoms with van der Waals surface area (Å²) in [5.74, 6) is 1.35. The van der Waals surface area contributed by atoms with Gasteiger partial charge in [0.25, 0.3) is 11.8 Å². The normalized spacial score (nSPS) is 17.2. The Balaban J connectivity index is 0.000000196. The lowest BCUT2D eigenvalue weighted by atomic mass is 9.49. The predicted molar refractivity (Wildman–Crippen MR) is 322 cm³/mol. The molecule has 19 nitrogen and oxygen atoms in total. The molecule has 3 aromatic heterocycles. The summed E-state index contributed by atoms with van der Waals surface area (Å²) in [5, 5.41) is 14.2. The van der Waals surface area contributed by atoms with E-state index in [0.29, 0.717) is 45.8 Å². The van der Waals surface area contributed by atoms with Crippen molar-refractivity contribution < 1.29 is 61.6 Å². The van der Waals surface area contributed by atoms with Gasteiger partial charge in [-0.15, -0.1) is 0 Å². The Hall–Kier alpha value is -6.37. The van der Waals surface area contributed by atoms with Crippen molar-refractivity contribution >= 4 is 93.7 Å². The molecule has 0 atom stereocenters. The summed E-state index contributed by atoms with van der Waals surface area (Å²) in [5.41, 5.74) is 4.79. The molecule has 81 heavy (non-hydrogen) atoms. The van der Waals surface area contributed by atoms with E-state index in [1.54, 1.807) is 104 Å². The van der Waals surface area contributed by atoms with E-state index in [1.165, 1.54) is 27.4 Å². The van der Waals surface area contributed by atoms with Gasteiger partial charge >= 0.3 is 27.1 Å². The number of hydrogen-bond donors (Lipinski definition) is 4. The van der Waals surface area contributed by atoms with Crippen molar-refractivity contribution in [1.29, 1.82) is 0 Å². The van der Waals surface area contributed by atoms with Gasteiger partial charge in [-0.05, 0) is 173 Å². The van der Waals surface area contributed by atoms with E-state index in [9.17, 15) is 14.4 Å². The van der Waals surface area contributed by atoms with Gasteiger partial charge < -0.3 is 63.6 Å². The van der Waals surface area contributed by atoms with Gasteiger partial charge in [0.1, 0.15) is 40.3 Å². The number of nitrogens with two attached hydrogens (primary N) is 1. The lowest BCUT2D eigenvalue weighted by Crippen LogP contribution is -2.41. The maximum atomic E-state index is 12.5. The van der Waals surface area contributed by atoms with Gasteiger partial charge in [0.05, 0.1) is 66.1 Å². The number of halogens is 2. The highest BCUT2D eigenvalue weighted by atomic mass is 79.9. The van der Waals surface area contributed by atoms with Gasteiger partial charge in [0, 0.05) is 27.5 Å². The maximum Gasteiger partial charge on any atom is 0.494 e. The highest BCUT2D eigenvalue weighted by Crippen LogP contribution is 2.43. The molecule has 0 saturated carbocycles. The smallest absolute Gasteiger partial charge is 0.494 e. The molecule has 6 aromatic rings. The fourth-order valence-electron chi connectivity index (χ4n) is 7.33. The molecule has 24 heteroatoms. The molecule has 2 amide bonds. The van der Waals surface area contributed by atoms with Crippen LogP contribution in [-0.2, 0) is 27.9 Å². The zero-order valence-corrected chi connectivity index (χ0v) is 51.5. The predicted octanol–water partition coefficient (Wildman–Crippen LogP) is 10.8. The van der Waals surface area contributed by atoms with E-state index in [0.717, 1.165) is 14.4 Å². The second-order valence-corrected chi connectivity index (χ2v) is 23.2. The van der Waals surface area contributed by atoms with E-state index in [-0.39, 0.29) is 39.8 Å². The Bertz CT molecular complexity index is 2990. The molecule has 0 aliphatic carbocycles. The minimum atomic E-state index is -0.987. The number of nitrogens with zero attached hydrogens (tertiary/aromatic N) is 3. The Morgan fingerprint density at radius 3 is 1.16 bits per heavy atom. The van der Waals surface area contributed by atoms with Gasteiger partial charge in [-0.2, -0.15) is 0 Å². The van der Waals surface area contributed by atoms with E-state index in [1.807, 2.05) is 101 Å². The lowest BCUT2D eigenvalue weighted by Gasteiger charge is -2.32. The molecular weight excluding hydrogens is 1170 g/mol. The molecule has 3 fully saturated rings. The Labute approximate surface area is 492 Å². The van der Waals surface area contributed by atoms with Gasteiger partial charge in [-0.25, -0.2) is 19.7 Å². The van der Waals surface area contributed by atoms with Crippen LogP contribution < -0.4 is 36.0 Å². The van der Waals surface area contributed by atoms with Crippen molar-refractivity contribution in [3.63, 3.8) is 0 Å². The molecule has 0 radical (unpaired) electrons. The number of hydrogen-bond acceptors (Lipinski definition) is 16. The topological polar surface area (TPSA) is 243 Å². The van der Waals surface area contributed by atoms with E-state index in [2.05, 4.69) is 57.4 Å². The fourth-order valence-corrected chi connectivity index (χ4v) is 8.01. The summed E-state index contributed by atoms with van der Waals surface area (Å²) in [7, 11) is 3.03. The number of rotatable bonds is 10. The zero-order chi connectivity index (χ0) is 60.1. The van der Waals surface area contributed by atoms with Crippen LogP contribution in [0.2, 0.25) is 0 Å². The van der Waals surface area contributed by atoms with Crippen molar-refractivity contribution in [2.75, 3.05) is 37.7 Å². The fraction of sp³-hybridized carbons (Fsp3) is 0.368. The molecule has 6 heterocycles. The van der Waals surface area contributed by atoms with Crippen molar-refractivity contribution in [1.82, 2.24) is 15.0 Å². The van der Waals surface area contributed by atoms with Crippen LogP contribution in [0.3, 0.4) is 0 Å². The minimum absolute atomic E-state index is 0.167. The maximum absolute atomic E-state index is 12.5. The van der Waals surface area contributed by atoms with Crippen molar-refractivity contribution in [3.8, 4) is 17.2 Å². The van der Waals surface area contributed by atoms with Gasteiger partial charge in [-0.1, -0.05) is 56.1 Å². The quantitative estimate of drug-likeness (QED) is 0.0932. The number of aromatic nitrogens is 3. The van der Waals surface area contributed by atoms with Crippen LogP contribution in [0.5, 0.6) is 17.2 Å². The number of amides is 2. The standard InChI is InChI=1S/C19H23BN2O4.C13H11BrN2O2.C12H24B2O4.C8H7BrO3.C5H6N2/c1-18(2)19(3,4)26-20(25-18)13-9-10-14(15(12-13)24-5)17(23)22-16-8-6-7-11-21-16;1-18-11-8-9(14)5-6-10(11)13(17)16-12-4-2-3-7-15-12;1-9(2)10(3,4)16-13(15-9)14-17-11(5,6)12(7,8)18-14;1-12-7-4-5(9)2-3-6(7)8(10)11;6-5-3-1-2-4-7-5/h6-12H,1-5H3,(H,21,22,23);2-8H,1H3,(H,15,16,17);1-8H3;2-4H,1H3,(H,10,11);1-4H,(H2,6,7). The number of carboxylic acids is 1. The highest BCUT2D eigenvalue weighted by Gasteiger charge is 2.63. The Kier molecular flexibility index (Phi) is 22.3. The number of benzene rings is 3. The molecule has 0 unspecified atom stereocenters.